The predicted molar refractivity (Wildman–Crippen MR) is 156 cm³/mol. The summed E-state index contributed by atoms with van der Waals surface area (Å²) in [7, 11) is 1.64. The Morgan fingerprint density at radius 1 is 1.05 bits per heavy atom. The number of methoxy groups -OCH3 is 1. The molecule has 3 aromatic rings. The number of rotatable bonds is 9. The lowest BCUT2D eigenvalue weighted by Crippen LogP contribution is -2.47. The Balaban J connectivity index is 1.26. The zero-order valence-corrected chi connectivity index (χ0v) is 22.8. The first-order valence-electron chi connectivity index (χ1n) is 13.8. The Kier molecular flexibility index (Phi) is 7.52. The Hall–Kier alpha value is -4.15. The van der Waals surface area contributed by atoms with Crippen molar-refractivity contribution in [3.8, 4) is 5.75 Å². The van der Waals surface area contributed by atoms with E-state index >= 15 is 0 Å². The summed E-state index contributed by atoms with van der Waals surface area (Å²) in [5, 5.41) is 8.21. The number of carbonyl (C=O) groups excluding carboxylic acids is 1. The monoisotopic (exact) mass is 541 g/mol. The molecule has 6 rings (SSSR count). The first-order chi connectivity index (χ1) is 19.6. The van der Waals surface area contributed by atoms with Crippen molar-refractivity contribution in [2.24, 2.45) is 0 Å². The normalized spacial score (nSPS) is 19.4. The van der Waals surface area contributed by atoms with E-state index in [2.05, 4.69) is 49.1 Å². The number of ether oxygens (including phenoxy) is 1. The van der Waals surface area contributed by atoms with E-state index in [0.29, 0.717) is 35.4 Å². The second-order valence-electron chi connectivity index (χ2n) is 10.3. The van der Waals surface area contributed by atoms with E-state index in [-0.39, 0.29) is 11.9 Å². The predicted octanol–water partition coefficient (Wildman–Crippen LogP) is 4.52. The van der Waals surface area contributed by atoms with Crippen molar-refractivity contribution >= 4 is 34.6 Å². The number of nitrogens with zero attached hydrogens (tertiary/aromatic N) is 5. The molecule has 2 aliphatic heterocycles. The number of hydrogen-bond acceptors (Lipinski definition) is 9. The summed E-state index contributed by atoms with van der Waals surface area (Å²) in [4.78, 5) is 32.2. The number of benzene rings is 2. The van der Waals surface area contributed by atoms with E-state index in [4.69, 9.17) is 9.57 Å². The molecule has 1 atom stereocenters. The lowest BCUT2D eigenvalue weighted by atomic mass is 10.0. The molecule has 10 nitrogen and oxygen atoms in total. The molecular weight excluding hydrogens is 506 g/mol. The van der Waals surface area contributed by atoms with E-state index in [0.717, 1.165) is 44.3 Å². The molecule has 0 bridgehead atoms. The van der Waals surface area contributed by atoms with Gasteiger partial charge in [0.05, 0.1) is 36.8 Å². The number of nitrogens with one attached hydrogen (secondary N) is 2. The van der Waals surface area contributed by atoms with Gasteiger partial charge in [-0.1, -0.05) is 36.9 Å². The van der Waals surface area contributed by atoms with E-state index in [9.17, 15) is 4.79 Å². The van der Waals surface area contributed by atoms with Crippen molar-refractivity contribution in [3.63, 3.8) is 0 Å². The summed E-state index contributed by atoms with van der Waals surface area (Å²) in [5.41, 5.74) is 3.46. The van der Waals surface area contributed by atoms with Crippen molar-refractivity contribution < 1.29 is 14.4 Å². The highest BCUT2D eigenvalue weighted by molar-refractivity contribution is 6.02. The van der Waals surface area contributed by atoms with Crippen LogP contribution in [0.5, 0.6) is 5.75 Å². The van der Waals surface area contributed by atoms with Gasteiger partial charge >= 0.3 is 0 Å². The third kappa shape index (κ3) is 5.59. The van der Waals surface area contributed by atoms with Crippen LogP contribution in [0.3, 0.4) is 0 Å². The van der Waals surface area contributed by atoms with Gasteiger partial charge in [0.1, 0.15) is 17.9 Å². The van der Waals surface area contributed by atoms with Crippen LogP contribution in [0.4, 0.5) is 28.7 Å². The van der Waals surface area contributed by atoms with Crippen molar-refractivity contribution in [1.82, 2.24) is 14.9 Å². The summed E-state index contributed by atoms with van der Waals surface area (Å²) in [6.45, 7) is 8.03. The largest absolute Gasteiger partial charge is 0.494 e. The first kappa shape index (κ1) is 26.1. The van der Waals surface area contributed by atoms with Crippen molar-refractivity contribution in [1.29, 1.82) is 0 Å². The second-order valence-corrected chi connectivity index (χ2v) is 10.3. The first-order valence-corrected chi connectivity index (χ1v) is 13.8. The summed E-state index contributed by atoms with van der Waals surface area (Å²) in [5.74, 6) is 1.62. The molecule has 3 heterocycles. The summed E-state index contributed by atoms with van der Waals surface area (Å²) in [6.07, 6.45) is 6.27. The standard InChI is InChI=1S/C30H35N7O3/c1-3-30(38)34-23-17-24(27(39-2)18-26(23)36-14-12-35(13-15-36)22-9-10-22)33-28-19-29(32-20-31-28)37-25(11-16-40-37)21-7-5-4-6-8-21/h3-8,17-20,22,25H,1,9-16H2,2H3,(H,34,38)(H,31,32,33)/t25-/m1/s1. The summed E-state index contributed by atoms with van der Waals surface area (Å²) in [6, 6.07) is 16.8. The Morgan fingerprint density at radius 3 is 2.58 bits per heavy atom. The number of hydrogen-bond donors (Lipinski definition) is 2. The van der Waals surface area contributed by atoms with Crippen LogP contribution in [0, 0.1) is 0 Å². The average molecular weight is 542 g/mol. The molecule has 1 saturated carbocycles. The number of hydroxylamine groups is 1. The highest BCUT2D eigenvalue weighted by Crippen LogP contribution is 2.40. The molecule has 2 saturated heterocycles. The minimum atomic E-state index is -0.267. The molecule has 0 radical (unpaired) electrons. The molecule has 10 heteroatoms. The number of carbonyl (C=O) groups is 1. The number of aromatic nitrogens is 2. The number of amides is 1. The van der Waals surface area contributed by atoms with E-state index in [1.54, 1.807) is 7.11 Å². The molecule has 2 N–H and O–H groups in total. The van der Waals surface area contributed by atoms with Gasteiger partial charge in [0.15, 0.2) is 5.82 Å². The minimum absolute atomic E-state index is 0.0684. The van der Waals surface area contributed by atoms with Gasteiger partial charge in [-0.2, -0.15) is 0 Å². The lowest BCUT2D eigenvalue weighted by Gasteiger charge is -2.37. The Labute approximate surface area is 234 Å². The van der Waals surface area contributed by atoms with Crippen LogP contribution >= 0.6 is 0 Å². The average Bonchev–Trinajstić information content (AvgIpc) is 3.73. The minimum Gasteiger partial charge on any atom is -0.494 e. The molecule has 3 fully saturated rings. The molecule has 208 valence electrons. The highest BCUT2D eigenvalue weighted by atomic mass is 16.7. The third-order valence-corrected chi connectivity index (χ3v) is 7.71. The van der Waals surface area contributed by atoms with Crippen molar-refractivity contribution in [2.75, 3.05) is 60.5 Å². The fraction of sp³-hybridized carbons (Fsp3) is 0.367. The molecule has 1 amide bonds. The molecule has 0 spiro atoms. The van der Waals surface area contributed by atoms with Crippen molar-refractivity contribution in [3.05, 3.63) is 73.1 Å². The van der Waals surface area contributed by atoms with Gasteiger partial charge in [0, 0.05) is 50.8 Å². The topological polar surface area (TPSA) is 95.1 Å². The van der Waals surface area contributed by atoms with Crippen LogP contribution in [0.15, 0.2) is 67.5 Å². The highest BCUT2D eigenvalue weighted by Gasteiger charge is 2.32. The quantitative estimate of drug-likeness (QED) is 0.379. The van der Waals surface area contributed by atoms with Gasteiger partial charge in [0.25, 0.3) is 0 Å². The molecule has 1 aromatic heterocycles. The SMILES string of the molecule is C=CC(=O)Nc1cc(Nc2cc(N3OCC[C@@H]3c3ccccc3)ncn2)c(OC)cc1N1CCN(C2CC2)CC1. The molecule has 2 aromatic carbocycles. The van der Waals surface area contributed by atoms with Crippen LogP contribution in [-0.2, 0) is 9.63 Å². The lowest BCUT2D eigenvalue weighted by molar-refractivity contribution is -0.111. The van der Waals surface area contributed by atoms with Gasteiger partial charge in [-0.25, -0.2) is 15.0 Å². The maximum atomic E-state index is 12.4. The number of anilines is 5. The molecule has 3 aliphatic rings. The van der Waals surface area contributed by atoms with Gasteiger partial charge in [0.2, 0.25) is 5.91 Å². The molecule has 40 heavy (non-hydrogen) atoms. The van der Waals surface area contributed by atoms with Crippen LogP contribution < -0.4 is 25.3 Å². The fourth-order valence-electron chi connectivity index (χ4n) is 5.50. The summed E-state index contributed by atoms with van der Waals surface area (Å²) < 4.78 is 5.80. The smallest absolute Gasteiger partial charge is 0.247 e. The van der Waals surface area contributed by atoms with Crippen LogP contribution in [0.25, 0.3) is 0 Å². The van der Waals surface area contributed by atoms with Crippen molar-refractivity contribution in [2.45, 2.75) is 31.3 Å². The molecule has 1 aliphatic carbocycles. The van der Waals surface area contributed by atoms with E-state index < -0.39 is 0 Å². The fourth-order valence-corrected chi connectivity index (χ4v) is 5.50. The Bertz CT molecular complexity index is 1360. The maximum Gasteiger partial charge on any atom is 0.247 e. The maximum absolute atomic E-state index is 12.4. The second kappa shape index (κ2) is 11.5. The van der Waals surface area contributed by atoms with E-state index in [1.807, 2.05) is 41.5 Å². The number of piperazine rings is 1. The van der Waals surface area contributed by atoms with Crippen LogP contribution in [0.1, 0.15) is 30.9 Å². The third-order valence-electron chi connectivity index (χ3n) is 7.71. The van der Waals surface area contributed by atoms with Gasteiger partial charge in [-0.15, -0.1) is 0 Å². The zero-order valence-electron chi connectivity index (χ0n) is 22.8. The molecule has 0 unspecified atom stereocenters. The summed E-state index contributed by atoms with van der Waals surface area (Å²) >= 11 is 0. The van der Waals surface area contributed by atoms with Gasteiger partial charge in [-0.05, 0) is 30.5 Å². The zero-order chi connectivity index (χ0) is 27.5. The van der Waals surface area contributed by atoms with Gasteiger partial charge < -0.3 is 20.3 Å². The van der Waals surface area contributed by atoms with Crippen LogP contribution in [0.2, 0.25) is 0 Å². The Morgan fingerprint density at radius 2 is 1.85 bits per heavy atom. The van der Waals surface area contributed by atoms with Crippen LogP contribution in [-0.4, -0.2) is 66.7 Å². The van der Waals surface area contributed by atoms with E-state index in [1.165, 1.54) is 30.8 Å². The van der Waals surface area contributed by atoms with Gasteiger partial charge in [-0.3, -0.25) is 14.5 Å². The molecular formula is C30H35N7O3.